The fraction of sp³-hybridized carbons (Fsp3) is 0. The summed E-state index contributed by atoms with van der Waals surface area (Å²) >= 11 is 0. The van der Waals surface area contributed by atoms with Crippen molar-refractivity contribution in [3.8, 4) is 23.0 Å². The second-order valence-corrected chi connectivity index (χ2v) is 9.27. The molecule has 8 aromatic rings. The molecule has 38 heavy (non-hydrogen) atoms. The van der Waals surface area contributed by atoms with Gasteiger partial charge in [-0.1, -0.05) is 72.8 Å². The van der Waals surface area contributed by atoms with E-state index in [2.05, 4.69) is 126 Å². The summed E-state index contributed by atoms with van der Waals surface area (Å²) in [7, 11) is 0. The first-order valence-corrected chi connectivity index (χ1v) is 12.5. The average Bonchev–Trinajstić information content (AvgIpc) is 3.51. The van der Waals surface area contributed by atoms with Gasteiger partial charge >= 0.3 is 0 Å². The van der Waals surface area contributed by atoms with E-state index in [0.29, 0.717) is 11.6 Å². The third-order valence-corrected chi connectivity index (χ3v) is 7.15. The largest absolute Gasteiger partial charge is 0.306 e. The van der Waals surface area contributed by atoms with E-state index in [4.69, 9.17) is 0 Å². The SMILES string of the molecule is c1ccc2c(c1)c1ccccc1n2-c1cnc(-c2ncc(-n3c4ccccc4c4ccccc43)cn2)nc1. The molecule has 0 aliphatic heterocycles. The Bertz CT molecular complexity index is 1860. The molecular formula is C32H20N6. The van der Waals surface area contributed by atoms with Crippen molar-refractivity contribution in [2.45, 2.75) is 0 Å². The molecule has 8 rings (SSSR count). The Kier molecular flexibility index (Phi) is 4.42. The van der Waals surface area contributed by atoms with Gasteiger partial charge in [0.05, 0.1) is 58.2 Å². The lowest BCUT2D eigenvalue weighted by Crippen LogP contribution is -2.01. The summed E-state index contributed by atoms with van der Waals surface area (Å²) in [6, 6.07) is 33.6. The summed E-state index contributed by atoms with van der Waals surface area (Å²) in [6.45, 7) is 0. The third kappa shape index (κ3) is 3.01. The van der Waals surface area contributed by atoms with Crippen LogP contribution >= 0.6 is 0 Å². The molecule has 0 radical (unpaired) electrons. The van der Waals surface area contributed by atoms with Crippen molar-refractivity contribution in [1.82, 2.24) is 29.1 Å². The van der Waals surface area contributed by atoms with Crippen LogP contribution in [0.3, 0.4) is 0 Å². The van der Waals surface area contributed by atoms with E-state index >= 15 is 0 Å². The normalized spacial score (nSPS) is 11.7. The van der Waals surface area contributed by atoms with E-state index in [1.807, 2.05) is 24.8 Å². The summed E-state index contributed by atoms with van der Waals surface area (Å²) in [6.07, 6.45) is 7.35. The van der Waals surface area contributed by atoms with Crippen LogP contribution in [0, 0.1) is 0 Å². The zero-order chi connectivity index (χ0) is 25.1. The van der Waals surface area contributed by atoms with E-state index in [-0.39, 0.29) is 0 Å². The van der Waals surface area contributed by atoms with Crippen LogP contribution < -0.4 is 0 Å². The van der Waals surface area contributed by atoms with Gasteiger partial charge in [0.25, 0.3) is 0 Å². The molecule has 0 atom stereocenters. The molecule has 0 bridgehead atoms. The Morgan fingerprint density at radius 2 is 0.605 bits per heavy atom. The van der Waals surface area contributed by atoms with E-state index < -0.39 is 0 Å². The minimum absolute atomic E-state index is 0.489. The molecule has 0 saturated carbocycles. The minimum Gasteiger partial charge on any atom is -0.306 e. The maximum Gasteiger partial charge on any atom is 0.197 e. The lowest BCUT2D eigenvalue weighted by molar-refractivity contribution is 1.02. The number of benzene rings is 4. The highest BCUT2D eigenvalue weighted by molar-refractivity contribution is 6.10. The fourth-order valence-electron chi connectivity index (χ4n) is 5.51. The van der Waals surface area contributed by atoms with Crippen LogP contribution in [0.15, 0.2) is 122 Å². The van der Waals surface area contributed by atoms with Gasteiger partial charge in [0.1, 0.15) is 0 Å². The molecule has 178 valence electrons. The smallest absolute Gasteiger partial charge is 0.197 e. The molecule has 4 aromatic carbocycles. The molecule has 0 spiro atoms. The minimum atomic E-state index is 0.489. The number of aromatic nitrogens is 6. The molecule has 0 saturated heterocycles. The number of fused-ring (bicyclic) bond motifs is 6. The maximum atomic E-state index is 4.65. The topological polar surface area (TPSA) is 61.4 Å². The number of para-hydroxylation sites is 4. The first kappa shape index (κ1) is 20.8. The van der Waals surface area contributed by atoms with Crippen LogP contribution in [-0.4, -0.2) is 29.1 Å². The number of rotatable bonds is 3. The summed E-state index contributed by atoms with van der Waals surface area (Å²) in [5, 5.41) is 4.82. The lowest BCUT2D eigenvalue weighted by atomic mass is 10.2. The van der Waals surface area contributed by atoms with Crippen molar-refractivity contribution in [2.75, 3.05) is 0 Å². The second-order valence-electron chi connectivity index (χ2n) is 9.27. The van der Waals surface area contributed by atoms with Crippen LogP contribution in [-0.2, 0) is 0 Å². The van der Waals surface area contributed by atoms with Crippen LogP contribution in [0.25, 0.3) is 66.6 Å². The Morgan fingerprint density at radius 3 is 0.895 bits per heavy atom. The van der Waals surface area contributed by atoms with Crippen molar-refractivity contribution in [3.05, 3.63) is 122 Å². The van der Waals surface area contributed by atoms with E-state index in [1.54, 1.807) is 0 Å². The van der Waals surface area contributed by atoms with Gasteiger partial charge in [-0.2, -0.15) is 0 Å². The summed E-state index contributed by atoms with van der Waals surface area (Å²) in [4.78, 5) is 18.6. The van der Waals surface area contributed by atoms with Gasteiger partial charge in [-0.3, -0.25) is 0 Å². The molecule has 4 aromatic heterocycles. The fourth-order valence-corrected chi connectivity index (χ4v) is 5.51. The van der Waals surface area contributed by atoms with E-state index in [1.165, 1.54) is 21.5 Å². The average molecular weight is 489 g/mol. The molecule has 4 heterocycles. The van der Waals surface area contributed by atoms with Gasteiger partial charge in [0.15, 0.2) is 11.6 Å². The quantitative estimate of drug-likeness (QED) is 0.265. The van der Waals surface area contributed by atoms with Crippen molar-refractivity contribution in [2.24, 2.45) is 0 Å². The van der Waals surface area contributed by atoms with Gasteiger partial charge in [-0.05, 0) is 24.3 Å². The summed E-state index contributed by atoms with van der Waals surface area (Å²) in [5.41, 5.74) is 6.28. The standard InChI is InChI=1S/C32H20N6/c1-5-13-27-23(9-1)24-10-2-6-14-28(24)37(27)21-17-33-31(34-18-21)32-35-19-22(20-36-32)38-29-15-7-3-11-25(29)26-12-4-8-16-30(26)38/h1-20H. The van der Waals surface area contributed by atoms with Crippen molar-refractivity contribution in [3.63, 3.8) is 0 Å². The molecule has 6 heteroatoms. The molecule has 0 unspecified atom stereocenters. The van der Waals surface area contributed by atoms with Crippen LogP contribution in [0.1, 0.15) is 0 Å². The van der Waals surface area contributed by atoms with Crippen molar-refractivity contribution >= 4 is 43.6 Å². The highest BCUT2D eigenvalue weighted by atomic mass is 15.1. The summed E-state index contributed by atoms with van der Waals surface area (Å²) in [5.74, 6) is 0.978. The van der Waals surface area contributed by atoms with Gasteiger partial charge in [-0.15, -0.1) is 0 Å². The van der Waals surface area contributed by atoms with Gasteiger partial charge in [0.2, 0.25) is 0 Å². The Labute approximate surface area is 217 Å². The first-order valence-electron chi connectivity index (χ1n) is 12.5. The second kappa shape index (κ2) is 8.08. The van der Waals surface area contributed by atoms with Gasteiger partial charge in [0, 0.05) is 21.5 Å². The molecule has 0 amide bonds. The van der Waals surface area contributed by atoms with Crippen LogP contribution in [0.4, 0.5) is 0 Å². The van der Waals surface area contributed by atoms with Crippen molar-refractivity contribution in [1.29, 1.82) is 0 Å². The maximum absolute atomic E-state index is 4.65. The first-order chi connectivity index (χ1) is 18.9. The van der Waals surface area contributed by atoms with Gasteiger partial charge in [-0.25, -0.2) is 19.9 Å². The highest BCUT2D eigenvalue weighted by Gasteiger charge is 2.15. The zero-order valence-electron chi connectivity index (χ0n) is 20.2. The number of nitrogens with zero attached hydrogens (tertiary/aromatic N) is 6. The predicted molar refractivity (Wildman–Crippen MR) is 152 cm³/mol. The Balaban J connectivity index is 1.20. The van der Waals surface area contributed by atoms with Crippen LogP contribution in [0.2, 0.25) is 0 Å². The Morgan fingerprint density at radius 1 is 0.342 bits per heavy atom. The summed E-state index contributed by atoms with van der Waals surface area (Å²) < 4.78 is 4.39. The number of hydrogen-bond donors (Lipinski definition) is 0. The highest BCUT2D eigenvalue weighted by Crippen LogP contribution is 2.33. The number of hydrogen-bond acceptors (Lipinski definition) is 4. The monoisotopic (exact) mass is 488 g/mol. The molecule has 0 fully saturated rings. The molecular weight excluding hydrogens is 468 g/mol. The third-order valence-electron chi connectivity index (χ3n) is 7.15. The Hall–Kier alpha value is -5.36. The van der Waals surface area contributed by atoms with Crippen molar-refractivity contribution < 1.29 is 0 Å². The zero-order valence-corrected chi connectivity index (χ0v) is 20.2. The predicted octanol–water partition coefficient (Wildman–Crippen LogP) is 7.13. The molecule has 0 N–H and O–H groups in total. The van der Waals surface area contributed by atoms with Gasteiger partial charge < -0.3 is 9.13 Å². The van der Waals surface area contributed by atoms with E-state index in [0.717, 1.165) is 33.4 Å². The molecule has 0 aliphatic rings. The molecule has 0 aliphatic carbocycles. The lowest BCUT2D eigenvalue weighted by Gasteiger charge is -2.09. The van der Waals surface area contributed by atoms with Crippen LogP contribution in [0.5, 0.6) is 0 Å². The van der Waals surface area contributed by atoms with E-state index in [9.17, 15) is 0 Å². The molecule has 6 nitrogen and oxygen atoms in total.